The molecule has 0 aromatic carbocycles. The number of pyridine rings is 1. The van der Waals surface area contributed by atoms with Gasteiger partial charge in [0.2, 0.25) is 5.91 Å². The molecule has 4 heterocycles. The first-order chi connectivity index (χ1) is 14.5. The molecule has 8 heteroatoms. The number of ether oxygens (including phenoxy) is 1. The van der Waals surface area contributed by atoms with Crippen LogP contribution in [-0.2, 0) is 16.0 Å². The Balaban J connectivity index is 1.09. The minimum atomic E-state index is -0.289. The molecule has 0 unspecified atom stereocenters. The van der Waals surface area contributed by atoms with Gasteiger partial charge in [-0.2, -0.15) is 0 Å². The number of fused-ring (bicyclic) bond motifs is 1. The lowest BCUT2D eigenvalue weighted by atomic mass is 9.65. The summed E-state index contributed by atoms with van der Waals surface area (Å²) in [7, 11) is 0. The highest BCUT2D eigenvalue weighted by Crippen LogP contribution is 2.46. The Morgan fingerprint density at radius 1 is 1.23 bits per heavy atom. The molecule has 2 atom stereocenters. The number of morpholine rings is 1. The fourth-order valence-corrected chi connectivity index (χ4v) is 5.61. The minimum Gasteiger partial charge on any atom is -0.366 e. The molecule has 1 aromatic heterocycles. The summed E-state index contributed by atoms with van der Waals surface area (Å²) < 4.78 is 18.6. The number of nitrogens with zero attached hydrogens (tertiary/aromatic N) is 3. The van der Waals surface area contributed by atoms with Gasteiger partial charge in [-0.25, -0.2) is 9.18 Å². The fourth-order valence-electron chi connectivity index (χ4n) is 5.61. The van der Waals surface area contributed by atoms with E-state index in [1.807, 2.05) is 9.80 Å². The Morgan fingerprint density at radius 2 is 2.03 bits per heavy atom. The van der Waals surface area contributed by atoms with E-state index in [9.17, 15) is 14.0 Å². The van der Waals surface area contributed by atoms with Gasteiger partial charge < -0.3 is 19.9 Å². The first-order valence-electron chi connectivity index (χ1n) is 11.0. The number of hydrogen-bond acceptors (Lipinski definition) is 4. The largest absolute Gasteiger partial charge is 0.366 e. The van der Waals surface area contributed by atoms with Gasteiger partial charge in [-0.05, 0) is 56.6 Å². The monoisotopic (exact) mass is 416 g/mol. The van der Waals surface area contributed by atoms with E-state index in [1.165, 1.54) is 12.3 Å². The molecule has 5 rings (SSSR count). The van der Waals surface area contributed by atoms with Crippen molar-refractivity contribution >= 4 is 11.9 Å². The molecule has 1 N–H and O–H groups in total. The summed E-state index contributed by atoms with van der Waals surface area (Å²) in [6, 6.07) is 3.27. The number of carbonyl (C=O) groups excluding carboxylic acids is 2. The Morgan fingerprint density at radius 3 is 2.77 bits per heavy atom. The van der Waals surface area contributed by atoms with Crippen LogP contribution in [0.15, 0.2) is 18.3 Å². The number of urea groups is 1. The third-order valence-corrected chi connectivity index (χ3v) is 7.37. The second-order valence-corrected chi connectivity index (χ2v) is 9.51. The highest BCUT2D eigenvalue weighted by atomic mass is 19.1. The Bertz CT molecular complexity index is 801. The van der Waals surface area contributed by atoms with Gasteiger partial charge in [0.15, 0.2) is 0 Å². The molecule has 0 bridgehead atoms. The molecular formula is C22H29FN4O3. The molecule has 1 saturated carbocycles. The van der Waals surface area contributed by atoms with Crippen LogP contribution in [0.5, 0.6) is 0 Å². The normalized spacial score (nSPS) is 28.6. The van der Waals surface area contributed by atoms with Crippen molar-refractivity contribution in [3.8, 4) is 0 Å². The van der Waals surface area contributed by atoms with Crippen molar-refractivity contribution in [2.75, 3.05) is 32.8 Å². The average Bonchev–Trinajstić information content (AvgIpc) is 2.73. The van der Waals surface area contributed by atoms with Crippen LogP contribution in [0.2, 0.25) is 0 Å². The van der Waals surface area contributed by atoms with E-state index in [2.05, 4.69) is 10.3 Å². The zero-order valence-electron chi connectivity index (χ0n) is 17.2. The summed E-state index contributed by atoms with van der Waals surface area (Å²) in [5.74, 6) is 0.205. The van der Waals surface area contributed by atoms with Crippen LogP contribution < -0.4 is 5.32 Å². The molecule has 30 heavy (non-hydrogen) atoms. The second kappa shape index (κ2) is 7.80. The molecule has 3 aliphatic heterocycles. The SMILES string of the molecule is O=C1CO[C@H]2CCN(C(=O)N3CC4(CCC(Cc5ccc(F)cn5)CC4)C3)C[C@H]2N1. The van der Waals surface area contributed by atoms with Crippen LogP contribution in [0.1, 0.15) is 37.8 Å². The lowest BCUT2D eigenvalue weighted by Crippen LogP contribution is -2.66. The topological polar surface area (TPSA) is 74.8 Å². The maximum atomic E-state index is 13.0. The van der Waals surface area contributed by atoms with Crippen molar-refractivity contribution in [1.29, 1.82) is 0 Å². The van der Waals surface area contributed by atoms with Gasteiger partial charge in [0.1, 0.15) is 12.4 Å². The lowest BCUT2D eigenvalue weighted by Gasteiger charge is -2.55. The first kappa shape index (κ1) is 19.7. The average molecular weight is 416 g/mol. The predicted molar refractivity (Wildman–Crippen MR) is 107 cm³/mol. The highest BCUT2D eigenvalue weighted by Gasteiger charge is 2.48. The number of rotatable bonds is 2. The molecule has 0 radical (unpaired) electrons. The van der Waals surface area contributed by atoms with Crippen LogP contribution in [0, 0.1) is 17.2 Å². The lowest BCUT2D eigenvalue weighted by molar-refractivity contribution is -0.140. The number of hydrogen-bond donors (Lipinski definition) is 1. The van der Waals surface area contributed by atoms with E-state index in [-0.39, 0.29) is 41.9 Å². The Hall–Kier alpha value is -2.22. The maximum Gasteiger partial charge on any atom is 0.320 e. The van der Waals surface area contributed by atoms with Gasteiger partial charge in [0, 0.05) is 37.3 Å². The van der Waals surface area contributed by atoms with Gasteiger partial charge in [0.05, 0.1) is 18.3 Å². The highest BCUT2D eigenvalue weighted by molar-refractivity contribution is 5.79. The summed E-state index contributed by atoms with van der Waals surface area (Å²) in [5.41, 5.74) is 1.23. The zero-order valence-corrected chi connectivity index (χ0v) is 17.2. The number of nitrogens with one attached hydrogen (secondary N) is 1. The van der Waals surface area contributed by atoms with E-state index in [1.54, 1.807) is 6.07 Å². The molecule has 1 spiro atoms. The van der Waals surface area contributed by atoms with E-state index >= 15 is 0 Å². The summed E-state index contributed by atoms with van der Waals surface area (Å²) >= 11 is 0. The molecule has 7 nitrogen and oxygen atoms in total. The van der Waals surface area contributed by atoms with Crippen molar-refractivity contribution in [2.24, 2.45) is 11.3 Å². The predicted octanol–water partition coefficient (Wildman–Crippen LogP) is 1.96. The maximum absolute atomic E-state index is 13.0. The summed E-state index contributed by atoms with van der Waals surface area (Å²) in [4.78, 5) is 32.6. The molecular weight excluding hydrogens is 387 g/mol. The molecule has 1 aromatic rings. The number of amides is 3. The molecule has 3 saturated heterocycles. The van der Waals surface area contributed by atoms with Crippen molar-refractivity contribution in [1.82, 2.24) is 20.1 Å². The molecule has 3 amide bonds. The number of carbonyl (C=O) groups is 2. The van der Waals surface area contributed by atoms with Crippen molar-refractivity contribution < 1.29 is 18.7 Å². The second-order valence-electron chi connectivity index (χ2n) is 9.51. The van der Waals surface area contributed by atoms with Crippen LogP contribution >= 0.6 is 0 Å². The molecule has 4 fully saturated rings. The molecule has 4 aliphatic rings. The van der Waals surface area contributed by atoms with Gasteiger partial charge in [-0.1, -0.05) is 0 Å². The van der Waals surface area contributed by atoms with Crippen molar-refractivity contribution in [2.45, 2.75) is 50.7 Å². The zero-order chi connectivity index (χ0) is 20.7. The fraction of sp³-hybridized carbons (Fsp3) is 0.682. The number of halogens is 1. The van der Waals surface area contributed by atoms with Crippen LogP contribution in [0.4, 0.5) is 9.18 Å². The summed E-state index contributed by atoms with van der Waals surface area (Å²) in [5, 5.41) is 2.96. The van der Waals surface area contributed by atoms with E-state index < -0.39 is 0 Å². The Kier molecular flexibility index (Phi) is 5.13. The third kappa shape index (κ3) is 3.89. The smallest absolute Gasteiger partial charge is 0.320 e. The van der Waals surface area contributed by atoms with Gasteiger partial charge in [-0.15, -0.1) is 0 Å². The first-order valence-corrected chi connectivity index (χ1v) is 11.0. The van der Waals surface area contributed by atoms with Gasteiger partial charge in [-0.3, -0.25) is 9.78 Å². The quantitative estimate of drug-likeness (QED) is 0.800. The molecule has 162 valence electrons. The standard InChI is InChI=1S/C22H29FN4O3/c23-16-1-2-17(24-10-16)9-15-3-6-22(7-4-15)13-27(14-22)21(29)26-8-5-19-18(11-26)25-20(28)12-30-19/h1-2,10,15,18-19H,3-9,11-14H2,(H,25,28)/t18-,19+/m1/s1. The van der Waals surface area contributed by atoms with E-state index in [0.29, 0.717) is 19.0 Å². The van der Waals surface area contributed by atoms with Crippen molar-refractivity contribution in [3.63, 3.8) is 0 Å². The van der Waals surface area contributed by atoms with E-state index in [0.717, 1.165) is 57.3 Å². The third-order valence-electron chi connectivity index (χ3n) is 7.37. The summed E-state index contributed by atoms with van der Waals surface area (Å²) in [6.45, 7) is 3.02. The van der Waals surface area contributed by atoms with Crippen LogP contribution in [0.25, 0.3) is 0 Å². The number of likely N-dealkylation sites (tertiary alicyclic amines) is 2. The van der Waals surface area contributed by atoms with Gasteiger partial charge in [0.25, 0.3) is 0 Å². The Labute approximate surface area is 176 Å². The van der Waals surface area contributed by atoms with Crippen molar-refractivity contribution in [3.05, 3.63) is 29.8 Å². The van der Waals surface area contributed by atoms with Crippen LogP contribution in [0.3, 0.4) is 0 Å². The van der Waals surface area contributed by atoms with Gasteiger partial charge >= 0.3 is 6.03 Å². The van der Waals surface area contributed by atoms with Crippen LogP contribution in [-0.4, -0.2) is 71.7 Å². The number of aromatic nitrogens is 1. The molecule has 1 aliphatic carbocycles. The van der Waals surface area contributed by atoms with E-state index in [4.69, 9.17) is 4.74 Å². The number of piperidine rings is 1. The summed E-state index contributed by atoms with van der Waals surface area (Å²) in [6.07, 6.45) is 7.55. The minimum absolute atomic E-state index is 0.0281.